The standard InChI is InChI=1S/C42H42N6O3/c1-7-25(4)28-10-16-31(17-11-28)37-43-46-40(49-37)34-22-35(41-47-44-38(50-41)32-18-12-29(13-19-32)26(5)8-2)24-36(23-34)42-48-45-39(51-42)33-20-14-30(15-21-33)27(6)9-3/h10-27H,7-9H2,1-6H3. The number of hydrogen-bond acceptors (Lipinski definition) is 9. The summed E-state index contributed by atoms with van der Waals surface area (Å²) in [4.78, 5) is 0. The first-order valence-electron chi connectivity index (χ1n) is 17.8. The van der Waals surface area contributed by atoms with Gasteiger partial charge in [-0.15, -0.1) is 30.6 Å². The Morgan fingerprint density at radius 3 is 0.784 bits per heavy atom. The third-order valence-corrected chi connectivity index (χ3v) is 9.97. The molecule has 0 aliphatic carbocycles. The van der Waals surface area contributed by atoms with Gasteiger partial charge in [-0.3, -0.25) is 0 Å². The second-order valence-corrected chi connectivity index (χ2v) is 13.3. The van der Waals surface area contributed by atoms with Gasteiger partial charge >= 0.3 is 0 Å². The van der Waals surface area contributed by atoms with Crippen LogP contribution in [0.1, 0.15) is 95.2 Å². The summed E-state index contributed by atoms with van der Waals surface area (Å²) in [5.74, 6) is 3.70. The lowest BCUT2D eigenvalue weighted by molar-refractivity contribution is 0.580. The smallest absolute Gasteiger partial charge is 0.248 e. The van der Waals surface area contributed by atoms with E-state index in [9.17, 15) is 0 Å². The zero-order chi connectivity index (χ0) is 35.5. The molecule has 0 aliphatic heterocycles. The summed E-state index contributed by atoms with van der Waals surface area (Å²) in [7, 11) is 0. The molecule has 9 nitrogen and oxygen atoms in total. The zero-order valence-electron chi connectivity index (χ0n) is 29.9. The molecule has 0 saturated heterocycles. The molecule has 7 rings (SSSR count). The number of aromatic nitrogens is 6. The Kier molecular flexibility index (Phi) is 9.70. The van der Waals surface area contributed by atoms with Crippen LogP contribution in [0.2, 0.25) is 0 Å². The monoisotopic (exact) mass is 678 g/mol. The van der Waals surface area contributed by atoms with E-state index in [0.717, 1.165) is 36.0 Å². The average molecular weight is 679 g/mol. The SMILES string of the molecule is CCC(C)c1ccc(-c2nnc(-c3cc(-c4nnc(-c5ccc(C(C)CC)cc5)o4)cc(-c4nnc(-c5ccc(C(C)CC)cc5)o4)c3)o2)cc1. The maximum Gasteiger partial charge on any atom is 0.248 e. The minimum Gasteiger partial charge on any atom is -0.416 e. The van der Waals surface area contributed by atoms with E-state index >= 15 is 0 Å². The average Bonchev–Trinajstić information content (AvgIpc) is 3.99. The molecule has 0 aliphatic rings. The Morgan fingerprint density at radius 2 is 0.569 bits per heavy atom. The molecule has 0 amide bonds. The molecule has 3 atom stereocenters. The van der Waals surface area contributed by atoms with E-state index in [4.69, 9.17) is 13.3 Å². The van der Waals surface area contributed by atoms with E-state index in [1.807, 2.05) is 54.6 Å². The molecule has 0 N–H and O–H groups in total. The van der Waals surface area contributed by atoms with Gasteiger partial charge in [-0.25, -0.2) is 0 Å². The van der Waals surface area contributed by atoms with Crippen molar-refractivity contribution in [3.05, 3.63) is 108 Å². The van der Waals surface area contributed by atoms with Crippen LogP contribution in [-0.4, -0.2) is 30.6 Å². The zero-order valence-corrected chi connectivity index (χ0v) is 29.9. The van der Waals surface area contributed by atoms with Gasteiger partial charge < -0.3 is 13.3 Å². The van der Waals surface area contributed by atoms with Gasteiger partial charge in [-0.1, -0.05) is 77.9 Å². The molecule has 0 radical (unpaired) electrons. The van der Waals surface area contributed by atoms with Crippen molar-refractivity contribution in [3.63, 3.8) is 0 Å². The van der Waals surface area contributed by atoms with Crippen LogP contribution in [0.5, 0.6) is 0 Å². The van der Waals surface area contributed by atoms with Gasteiger partial charge in [-0.2, -0.15) is 0 Å². The van der Waals surface area contributed by atoms with Crippen LogP contribution in [0.25, 0.3) is 68.7 Å². The molecule has 9 heteroatoms. The van der Waals surface area contributed by atoms with E-state index in [1.165, 1.54) is 16.7 Å². The van der Waals surface area contributed by atoms with Crippen LogP contribution in [-0.2, 0) is 0 Å². The molecule has 7 aromatic rings. The van der Waals surface area contributed by atoms with Crippen molar-refractivity contribution in [2.24, 2.45) is 0 Å². The summed E-state index contributed by atoms with van der Waals surface area (Å²) >= 11 is 0. The molecular weight excluding hydrogens is 637 g/mol. The second-order valence-electron chi connectivity index (χ2n) is 13.3. The molecular formula is C42H42N6O3. The van der Waals surface area contributed by atoms with Crippen LogP contribution in [0.3, 0.4) is 0 Å². The fourth-order valence-electron chi connectivity index (χ4n) is 5.94. The molecule has 3 heterocycles. The highest BCUT2D eigenvalue weighted by atomic mass is 16.4. The maximum absolute atomic E-state index is 6.24. The molecule has 258 valence electrons. The predicted molar refractivity (Wildman–Crippen MR) is 199 cm³/mol. The summed E-state index contributed by atoms with van der Waals surface area (Å²) in [6.07, 6.45) is 3.21. The van der Waals surface area contributed by atoms with Crippen molar-refractivity contribution in [1.82, 2.24) is 30.6 Å². The van der Waals surface area contributed by atoms with Crippen LogP contribution >= 0.6 is 0 Å². The highest BCUT2D eigenvalue weighted by Gasteiger charge is 2.20. The first-order chi connectivity index (χ1) is 24.8. The van der Waals surface area contributed by atoms with E-state index < -0.39 is 0 Å². The first-order valence-corrected chi connectivity index (χ1v) is 17.8. The van der Waals surface area contributed by atoms with Gasteiger partial charge in [0.05, 0.1) is 0 Å². The van der Waals surface area contributed by atoms with Crippen molar-refractivity contribution in [2.45, 2.75) is 78.6 Å². The molecule has 0 spiro atoms. The van der Waals surface area contributed by atoms with Crippen molar-refractivity contribution in [3.8, 4) is 68.7 Å². The van der Waals surface area contributed by atoms with Gasteiger partial charge in [0.15, 0.2) is 0 Å². The van der Waals surface area contributed by atoms with Crippen molar-refractivity contribution < 1.29 is 13.3 Å². The highest BCUT2D eigenvalue weighted by Crippen LogP contribution is 2.35. The van der Waals surface area contributed by atoms with E-state index in [2.05, 4.69) is 109 Å². The Bertz CT molecular complexity index is 1950. The van der Waals surface area contributed by atoms with Gasteiger partial charge in [0, 0.05) is 33.4 Å². The minimum absolute atomic E-state index is 0.333. The lowest BCUT2D eigenvalue weighted by Gasteiger charge is -2.08. The molecule has 0 saturated carbocycles. The number of nitrogens with zero attached hydrogens (tertiary/aromatic N) is 6. The second kappa shape index (κ2) is 14.6. The highest BCUT2D eigenvalue weighted by molar-refractivity contribution is 5.74. The number of hydrogen-bond donors (Lipinski definition) is 0. The van der Waals surface area contributed by atoms with Crippen molar-refractivity contribution >= 4 is 0 Å². The third-order valence-electron chi connectivity index (χ3n) is 9.97. The number of rotatable bonds is 12. The fraction of sp³-hybridized carbons (Fsp3) is 0.286. The lowest BCUT2D eigenvalue weighted by Crippen LogP contribution is -1.90. The van der Waals surface area contributed by atoms with Gasteiger partial charge in [-0.05, 0) is 108 Å². The predicted octanol–water partition coefficient (Wildman–Crippen LogP) is 11.4. The number of benzene rings is 4. The summed E-state index contributed by atoms with van der Waals surface area (Å²) in [6, 6.07) is 30.5. The molecule has 0 bridgehead atoms. The van der Waals surface area contributed by atoms with Gasteiger partial charge in [0.25, 0.3) is 0 Å². The molecule has 3 aromatic heterocycles. The van der Waals surface area contributed by atoms with Gasteiger partial charge in [0.1, 0.15) is 0 Å². The Labute approximate surface area is 298 Å². The van der Waals surface area contributed by atoms with Crippen molar-refractivity contribution in [1.29, 1.82) is 0 Å². The quantitative estimate of drug-likeness (QED) is 0.124. The van der Waals surface area contributed by atoms with E-state index in [0.29, 0.717) is 69.8 Å². The lowest BCUT2D eigenvalue weighted by atomic mass is 9.98. The Morgan fingerprint density at radius 1 is 0.353 bits per heavy atom. The molecule has 4 aromatic carbocycles. The summed E-state index contributed by atoms with van der Waals surface area (Å²) in [5.41, 5.74) is 8.29. The minimum atomic E-state index is 0.333. The normalized spacial score (nSPS) is 13.3. The Balaban J connectivity index is 1.25. The van der Waals surface area contributed by atoms with Gasteiger partial charge in [0.2, 0.25) is 35.3 Å². The molecule has 3 unspecified atom stereocenters. The van der Waals surface area contributed by atoms with Crippen LogP contribution in [0.4, 0.5) is 0 Å². The fourth-order valence-corrected chi connectivity index (χ4v) is 5.94. The van der Waals surface area contributed by atoms with Crippen LogP contribution < -0.4 is 0 Å². The third kappa shape index (κ3) is 7.15. The largest absolute Gasteiger partial charge is 0.416 e. The molecule has 51 heavy (non-hydrogen) atoms. The summed E-state index contributed by atoms with van der Waals surface area (Å²) in [5, 5.41) is 26.4. The van der Waals surface area contributed by atoms with E-state index in [-0.39, 0.29) is 0 Å². The van der Waals surface area contributed by atoms with Crippen LogP contribution in [0, 0.1) is 0 Å². The maximum atomic E-state index is 6.24. The van der Waals surface area contributed by atoms with Crippen LogP contribution in [0.15, 0.2) is 104 Å². The summed E-state index contributed by atoms with van der Waals surface area (Å²) in [6.45, 7) is 13.2. The van der Waals surface area contributed by atoms with Crippen molar-refractivity contribution in [2.75, 3.05) is 0 Å². The summed E-state index contributed by atoms with van der Waals surface area (Å²) < 4.78 is 18.7. The molecule has 0 fully saturated rings. The first kappa shape index (κ1) is 33.8. The Hall–Kier alpha value is -5.70. The topological polar surface area (TPSA) is 117 Å². The van der Waals surface area contributed by atoms with E-state index in [1.54, 1.807) is 0 Å².